The highest BCUT2D eigenvalue weighted by molar-refractivity contribution is 6.16. The predicted molar refractivity (Wildman–Crippen MR) is 70.2 cm³/mol. The van der Waals surface area contributed by atoms with Gasteiger partial charge in [0.1, 0.15) is 11.6 Å². The van der Waals surface area contributed by atoms with Crippen LogP contribution in [0.2, 0.25) is 0 Å². The van der Waals surface area contributed by atoms with E-state index in [1.165, 1.54) is 25.1 Å². The number of hydrogen-bond donors (Lipinski definition) is 0. The summed E-state index contributed by atoms with van der Waals surface area (Å²) in [7, 11) is 0. The molecule has 1 aromatic heterocycles. The molecule has 0 aromatic carbocycles. The van der Waals surface area contributed by atoms with E-state index in [2.05, 4.69) is 35.5 Å². The Bertz CT molecular complexity index is 373. The molecule has 4 heteroatoms. The van der Waals surface area contributed by atoms with E-state index in [-0.39, 0.29) is 0 Å². The number of rotatable bonds is 4. The quantitative estimate of drug-likeness (QED) is 0.770. The van der Waals surface area contributed by atoms with E-state index in [1.54, 1.807) is 0 Å². The van der Waals surface area contributed by atoms with Gasteiger partial charge in [-0.1, -0.05) is 27.2 Å². The molecule has 1 heterocycles. The molecule has 17 heavy (non-hydrogen) atoms. The Kier molecular flexibility index (Phi) is 4.08. The first kappa shape index (κ1) is 12.9. The van der Waals surface area contributed by atoms with E-state index < -0.39 is 0 Å². The van der Waals surface area contributed by atoms with Crippen LogP contribution >= 0.6 is 11.6 Å². The highest BCUT2D eigenvalue weighted by Crippen LogP contribution is 2.38. The second kappa shape index (κ2) is 5.38. The van der Waals surface area contributed by atoms with Crippen molar-refractivity contribution in [2.24, 2.45) is 11.8 Å². The van der Waals surface area contributed by atoms with Crippen LogP contribution in [0.4, 0.5) is 0 Å². The molecule has 1 aliphatic rings. The van der Waals surface area contributed by atoms with Crippen molar-refractivity contribution in [2.75, 3.05) is 0 Å². The van der Waals surface area contributed by atoms with Gasteiger partial charge in [0, 0.05) is 12.5 Å². The first-order chi connectivity index (χ1) is 8.13. The summed E-state index contributed by atoms with van der Waals surface area (Å²) in [5.74, 6) is 4.46. The van der Waals surface area contributed by atoms with Crippen LogP contribution in [0.1, 0.15) is 57.6 Å². The van der Waals surface area contributed by atoms with Gasteiger partial charge in [0.25, 0.3) is 0 Å². The molecule has 2 rings (SSSR count). The zero-order valence-electron chi connectivity index (χ0n) is 11.0. The van der Waals surface area contributed by atoms with Gasteiger partial charge in [-0.05, 0) is 24.7 Å². The van der Waals surface area contributed by atoms with Crippen LogP contribution in [0.25, 0.3) is 0 Å². The van der Waals surface area contributed by atoms with E-state index in [0.29, 0.717) is 17.7 Å². The fourth-order valence-electron chi connectivity index (χ4n) is 2.82. The highest BCUT2D eigenvalue weighted by atomic mass is 35.5. The van der Waals surface area contributed by atoms with Crippen molar-refractivity contribution in [3.8, 4) is 0 Å². The first-order valence-corrected chi connectivity index (χ1v) is 7.14. The minimum absolute atomic E-state index is 0.459. The van der Waals surface area contributed by atoms with Crippen LogP contribution in [0, 0.1) is 11.8 Å². The van der Waals surface area contributed by atoms with Gasteiger partial charge in [0.15, 0.2) is 0 Å². The van der Waals surface area contributed by atoms with E-state index in [4.69, 9.17) is 11.6 Å². The Morgan fingerprint density at radius 3 is 2.65 bits per heavy atom. The molecule has 3 nitrogen and oxygen atoms in total. The lowest BCUT2D eigenvalue weighted by atomic mass is 9.97. The van der Waals surface area contributed by atoms with Crippen molar-refractivity contribution in [1.82, 2.24) is 14.8 Å². The van der Waals surface area contributed by atoms with E-state index in [9.17, 15) is 0 Å². The monoisotopic (exact) mass is 255 g/mol. The number of nitrogens with zero attached hydrogens (tertiary/aromatic N) is 3. The molecule has 0 N–H and O–H groups in total. The molecule has 0 saturated heterocycles. The maximum atomic E-state index is 5.95. The van der Waals surface area contributed by atoms with Gasteiger partial charge in [0.2, 0.25) is 0 Å². The lowest BCUT2D eigenvalue weighted by molar-refractivity contribution is 0.444. The normalized spacial score (nSPS) is 24.8. The average Bonchev–Trinajstić information content (AvgIpc) is 2.84. The predicted octanol–water partition coefficient (Wildman–Crippen LogP) is 3.58. The summed E-state index contributed by atoms with van der Waals surface area (Å²) in [4.78, 5) is 0. The largest absolute Gasteiger partial charge is 0.313 e. The van der Waals surface area contributed by atoms with Gasteiger partial charge in [-0.3, -0.25) is 0 Å². The molecule has 1 saturated carbocycles. The smallest absolute Gasteiger partial charge is 0.147 e. The Morgan fingerprint density at radius 1 is 1.35 bits per heavy atom. The summed E-state index contributed by atoms with van der Waals surface area (Å²) in [5, 5.41) is 8.65. The molecule has 0 radical (unpaired) electrons. The maximum Gasteiger partial charge on any atom is 0.147 e. The zero-order valence-corrected chi connectivity index (χ0v) is 11.7. The lowest BCUT2D eigenvalue weighted by Crippen LogP contribution is -2.15. The molecule has 2 unspecified atom stereocenters. The highest BCUT2D eigenvalue weighted by Gasteiger charge is 2.30. The van der Waals surface area contributed by atoms with Gasteiger partial charge >= 0.3 is 0 Å². The van der Waals surface area contributed by atoms with Gasteiger partial charge in [-0.15, -0.1) is 21.8 Å². The molecule has 1 fully saturated rings. The molecule has 2 atom stereocenters. The SMILES string of the molecule is CC(C)Cn1c(CCl)nnc1C1CCCC1C. The Labute approximate surface area is 109 Å². The summed E-state index contributed by atoms with van der Waals surface area (Å²) in [6, 6.07) is 0. The molecule has 0 aliphatic heterocycles. The van der Waals surface area contributed by atoms with Crippen LogP contribution in [0.15, 0.2) is 0 Å². The lowest BCUT2D eigenvalue weighted by Gasteiger charge is -2.18. The van der Waals surface area contributed by atoms with Crippen molar-refractivity contribution in [3.63, 3.8) is 0 Å². The van der Waals surface area contributed by atoms with Crippen molar-refractivity contribution < 1.29 is 0 Å². The second-order valence-corrected chi connectivity index (χ2v) is 5.89. The topological polar surface area (TPSA) is 30.7 Å². The van der Waals surface area contributed by atoms with Crippen molar-refractivity contribution in [2.45, 2.75) is 58.4 Å². The minimum atomic E-state index is 0.459. The summed E-state index contributed by atoms with van der Waals surface area (Å²) in [6.45, 7) is 7.75. The van der Waals surface area contributed by atoms with Crippen molar-refractivity contribution in [3.05, 3.63) is 11.6 Å². The van der Waals surface area contributed by atoms with Gasteiger partial charge in [-0.2, -0.15) is 0 Å². The Balaban J connectivity index is 2.29. The zero-order chi connectivity index (χ0) is 12.4. The fraction of sp³-hybridized carbons (Fsp3) is 0.846. The average molecular weight is 256 g/mol. The summed E-state index contributed by atoms with van der Waals surface area (Å²) >= 11 is 5.95. The van der Waals surface area contributed by atoms with Crippen LogP contribution < -0.4 is 0 Å². The van der Waals surface area contributed by atoms with E-state index >= 15 is 0 Å². The number of hydrogen-bond acceptors (Lipinski definition) is 2. The van der Waals surface area contributed by atoms with Crippen LogP contribution in [-0.2, 0) is 12.4 Å². The molecule has 0 amide bonds. The molecular formula is C13H22ClN3. The molecule has 0 bridgehead atoms. The standard InChI is InChI=1S/C13H22ClN3/c1-9(2)8-17-12(7-14)15-16-13(17)11-6-4-5-10(11)3/h9-11H,4-8H2,1-3H3. The molecular weight excluding hydrogens is 234 g/mol. The number of aromatic nitrogens is 3. The summed E-state index contributed by atoms with van der Waals surface area (Å²) in [5.41, 5.74) is 0. The first-order valence-electron chi connectivity index (χ1n) is 6.61. The molecule has 1 aromatic rings. The third kappa shape index (κ3) is 2.65. The van der Waals surface area contributed by atoms with Crippen molar-refractivity contribution in [1.29, 1.82) is 0 Å². The summed E-state index contributed by atoms with van der Waals surface area (Å²) < 4.78 is 2.25. The fourth-order valence-corrected chi connectivity index (χ4v) is 3.01. The second-order valence-electron chi connectivity index (χ2n) is 5.63. The third-order valence-electron chi connectivity index (χ3n) is 3.72. The maximum absolute atomic E-state index is 5.95. The molecule has 1 aliphatic carbocycles. The third-order valence-corrected chi connectivity index (χ3v) is 3.96. The van der Waals surface area contributed by atoms with Crippen LogP contribution in [-0.4, -0.2) is 14.8 Å². The van der Waals surface area contributed by atoms with Crippen LogP contribution in [0.5, 0.6) is 0 Å². The van der Waals surface area contributed by atoms with Crippen molar-refractivity contribution >= 4 is 11.6 Å². The van der Waals surface area contributed by atoms with Crippen LogP contribution in [0.3, 0.4) is 0 Å². The van der Waals surface area contributed by atoms with Gasteiger partial charge < -0.3 is 4.57 Å². The number of halogens is 1. The molecule has 96 valence electrons. The van der Waals surface area contributed by atoms with Gasteiger partial charge in [0.05, 0.1) is 5.88 Å². The van der Waals surface area contributed by atoms with E-state index in [1.807, 2.05) is 0 Å². The minimum Gasteiger partial charge on any atom is -0.313 e. The Hall–Kier alpha value is -0.570. The number of alkyl halides is 1. The summed E-state index contributed by atoms with van der Waals surface area (Å²) in [6.07, 6.45) is 3.88. The molecule has 0 spiro atoms. The van der Waals surface area contributed by atoms with E-state index in [0.717, 1.165) is 18.3 Å². The Morgan fingerprint density at radius 2 is 2.12 bits per heavy atom. The van der Waals surface area contributed by atoms with Gasteiger partial charge in [-0.25, -0.2) is 0 Å².